The molecule has 2 aliphatic rings. The second-order valence-corrected chi connectivity index (χ2v) is 9.62. The zero-order valence-corrected chi connectivity index (χ0v) is 22.5. The Labute approximate surface area is 234 Å². The Bertz CT molecular complexity index is 1200. The molecule has 1 aromatic heterocycles. The van der Waals surface area contributed by atoms with Crippen LogP contribution >= 0.6 is 11.6 Å². The number of aliphatic carboxylic acids is 1. The lowest BCUT2D eigenvalue weighted by Crippen LogP contribution is -2.51. The fraction of sp³-hybridized carbons (Fsp3) is 0.480. The fourth-order valence-electron chi connectivity index (χ4n) is 4.04. The van der Waals surface area contributed by atoms with E-state index in [0.717, 1.165) is 32.7 Å². The summed E-state index contributed by atoms with van der Waals surface area (Å²) in [5.74, 6) is -2.71. The number of carboxylic acids is 1. The third kappa shape index (κ3) is 9.02. The lowest BCUT2D eigenvalue weighted by atomic mass is 10.1. The van der Waals surface area contributed by atoms with E-state index in [9.17, 15) is 23.2 Å². The van der Waals surface area contributed by atoms with Gasteiger partial charge in [-0.25, -0.2) is 9.78 Å². The second kappa shape index (κ2) is 14.2. The minimum Gasteiger partial charge on any atom is -0.475 e. The number of nitrogens with one attached hydrogen (secondary N) is 1. The van der Waals surface area contributed by atoms with E-state index in [0.29, 0.717) is 37.4 Å². The van der Waals surface area contributed by atoms with Gasteiger partial charge in [-0.3, -0.25) is 20.1 Å². The summed E-state index contributed by atoms with van der Waals surface area (Å²) in [6.07, 6.45) is -2.30. The van der Waals surface area contributed by atoms with Crippen molar-refractivity contribution in [2.45, 2.75) is 31.6 Å². The Kier molecular flexibility index (Phi) is 11.0. The van der Waals surface area contributed by atoms with Crippen LogP contribution < -0.4 is 10.4 Å². The first-order valence-corrected chi connectivity index (χ1v) is 12.8. The first-order valence-electron chi connectivity index (χ1n) is 12.4. The summed E-state index contributed by atoms with van der Waals surface area (Å²) < 4.78 is 37.2. The van der Waals surface area contributed by atoms with Gasteiger partial charge in [0.15, 0.2) is 5.82 Å². The molecule has 2 saturated heterocycles. The quantitative estimate of drug-likeness (QED) is 0.489. The molecule has 0 unspecified atom stereocenters. The van der Waals surface area contributed by atoms with E-state index in [4.69, 9.17) is 26.2 Å². The van der Waals surface area contributed by atoms with Crippen molar-refractivity contribution in [2.75, 3.05) is 51.4 Å². The molecule has 3 heterocycles. The van der Waals surface area contributed by atoms with Gasteiger partial charge in [-0.15, -0.1) is 0 Å². The zero-order valence-electron chi connectivity index (χ0n) is 21.7. The third-order valence-electron chi connectivity index (χ3n) is 6.29. The van der Waals surface area contributed by atoms with Crippen LogP contribution in [0.15, 0.2) is 30.5 Å². The van der Waals surface area contributed by atoms with Gasteiger partial charge in [0.05, 0.1) is 12.2 Å². The van der Waals surface area contributed by atoms with Crippen molar-refractivity contribution in [1.29, 1.82) is 5.26 Å². The van der Waals surface area contributed by atoms with E-state index in [-0.39, 0.29) is 22.8 Å². The number of aromatic nitrogens is 2. The molecule has 0 aliphatic carbocycles. The van der Waals surface area contributed by atoms with Crippen molar-refractivity contribution in [2.24, 2.45) is 0 Å². The van der Waals surface area contributed by atoms with Crippen LogP contribution in [0.1, 0.15) is 34.6 Å². The highest BCUT2D eigenvalue weighted by molar-refractivity contribution is 6.32. The SMILES string of the molecule is CN1CCN(Cc2ccc(C(=O)NN(c3nc(C#N)ncc3Cl)C3CCOCC3)cc2)CC1.O=C(O)C(F)(F)F. The summed E-state index contributed by atoms with van der Waals surface area (Å²) in [4.78, 5) is 34.9. The Morgan fingerprint density at radius 1 is 1.20 bits per heavy atom. The first-order chi connectivity index (χ1) is 19.0. The molecule has 2 aromatic rings. The van der Waals surface area contributed by atoms with Gasteiger partial charge in [0.2, 0.25) is 5.82 Å². The Hall–Kier alpha value is -3.51. The maximum atomic E-state index is 13.1. The number of benzene rings is 1. The van der Waals surface area contributed by atoms with Crippen molar-refractivity contribution >= 4 is 29.3 Å². The summed E-state index contributed by atoms with van der Waals surface area (Å²) in [5.41, 5.74) is 4.67. The third-order valence-corrected chi connectivity index (χ3v) is 6.56. The molecule has 1 amide bonds. The number of rotatable bonds is 6. The standard InChI is InChI=1S/C23H28ClN7O2.C2HF3O2/c1-29-8-10-30(11-9-29)16-17-2-4-18(5-3-17)23(32)28-31(19-6-12-33-13-7-19)22-20(24)15-26-21(14-25)27-22;3-2(4,5)1(6)7/h2-5,15,19H,6-13,16H2,1H3,(H,28,32);(H,6,7). The van der Waals surface area contributed by atoms with Crippen molar-refractivity contribution in [3.8, 4) is 6.07 Å². The van der Waals surface area contributed by atoms with E-state index in [1.165, 1.54) is 11.8 Å². The van der Waals surface area contributed by atoms with E-state index in [1.54, 1.807) is 5.01 Å². The fourth-order valence-corrected chi connectivity index (χ4v) is 4.22. The summed E-state index contributed by atoms with van der Waals surface area (Å²) in [6, 6.07) is 9.54. The van der Waals surface area contributed by atoms with Gasteiger partial charge < -0.3 is 14.7 Å². The molecule has 15 heteroatoms. The largest absolute Gasteiger partial charge is 0.490 e. The number of halogens is 4. The van der Waals surface area contributed by atoms with Crippen molar-refractivity contribution in [3.05, 3.63) is 52.4 Å². The molecule has 1 aromatic carbocycles. The Morgan fingerprint density at radius 3 is 2.35 bits per heavy atom. The van der Waals surface area contributed by atoms with Crippen LogP contribution in [0.4, 0.5) is 19.0 Å². The predicted molar refractivity (Wildman–Crippen MR) is 138 cm³/mol. The second-order valence-electron chi connectivity index (χ2n) is 9.21. The average molecular weight is 584 g/mol. The number of anilines is 1. The van der Waals surface area contributed by atoms with Gasteiger partial charge >= 0.3 is 12.1 Å². The summed E-state index contributed by atoms with van der Waals surface area (Å²) in [7, 11) is 2.14. The van der Waals surface area contributed by atoms with Crippen LogP contribution in [0.3, 0.4) is 0 Å². The number of likely N-dealkylation sites (N-methyl/N-ethyl adjacent to an activating group) is 1. The first kappa shape index (κ1) is 31.0. The van der Waals surface area contributed by atoms with Gasteiger partial charge in [-0.2, -0.15) is 23.4 Å². The smallest absolute Gasteiger partial charge is 0.475 e. The average Bonchev–Trinajstić information content (AvgIpc) is 2.94. The number of nitrogens with zero attached hydrogens (tertiary/aromatic N) is 6. The van der Waals surface area contributed by atoms with Crippen molar-refractivity contribution in [3.63, 3.8) is 0 Å². The Morgan fingerprint density at radius 2 is 1.80 bits per heavy atom. The Balaban J connectivity index is 0.000000559. The zero-order chi connectivity index (χ0) is 29.3. The van der Waals surface area contributed by atoms with Crippen LogP contribution in [0.25, 0.3) is 0 Å². The number of carboxylic acid groups (broad SMARTS) is 1. The molecule has 2 fully saturated rings. The number of ether oxygens (including phenoxy) is 1. The molecule has 0 radical (unpaired) electrons. The molecule has 2 N–H and O–H groups in total. The molecule has 4 rings (SSSR count). The van der Waals surface area contributed by atoms with Gasteiger partial charge in [0, 0.05) is 51.5 Å². The maximum absolute atomic E-state index is 13.1. The maximum Gasteiger partial charge on any atom is 0.490 e. The van der Waals surface area contributed by atoms with Gasteiger partial charge in [-0.05, 0) is 37.6 Å². The number of hydrazine groups is 1. The minimum atomic E-state index is -5.08. The van der Waals surface area contributed by atoms with Crippen LogP contribution in [-0.4, -0.2) is 95.4 Å². The van der Waals surface area contributed by atoms with Gasteiger partial charge in [0.25, 0.3) is 5.91 Å². The number of carbonyl (C=O) groups is 2. The van der Waals surface area contributed by atoms with E-state index >= 15 is 0 Å². The summed E-state index contributed by atoms with van der Waals surface area (Å²) in [6.45, 7) is 6.25. The molecule has 0 spiro atoms. The molecular formula is C25H29ClF3N7O4. The molecular weight excluding hydrogens is 555 g/mol. The molecule has 216 valence electrons. The number of alkyl halides is 3. The van der Waals surface area contributed by atoms with Crippen molar-refractivity contribution < 1.29 is 32.6 Å². The number of piperazine rings is 1. The lowest BCUT2D eigenvalue weighted by Gasteiger charge is -2.35. The van der Waals surface area contributed by atoms with E-state index in [2.05, 4.69) is 32.2 Å². The number of carbonyl (C=O) groups excluding carboxylic acids is 1. The summed E-state index contributed by atoms with van der Waals surface area (Å²) in [5, 5.41) is 18.3. The highest BCUT2D eigenvalue weighted by atomic mass is 35.5. The normalized spacial score (nSPS) is 16.8. The highest BCUT2D eigenvalue weighted by Crippen LogP contribution is 2.26. The van der Waals surface area contributed by atoms with Crippen LogP contribution in [0.2, 0.25) is 5.02 Å². The number of nitriles is 1. The predicted octanol–water partition coefficient (Wildman–Crippen LogP) is 2.71. The molecule has 40 heavy (non-hydrogen) atoms. The minimum absolute atomic E-state index is 0.00559. The molecule has 0 bridgehead atoms. The van der Waals surface area contributed by atoms with Gasteiger partial charge in [0.1, 0.15) is 11.1 Å². The molecule has 11 nitrogen and oxygen atoms in total. The van der Waals surface area contributed by atoms with Crippen LogP contribution in [0, 0.1) is 11.3 Å². The van der Waals surface area contributed by atoms with Crippen LogP contribution in [0.5, 0.6) is 0 Å². The van der Waals surface area contributed by atoms with E-state index in [1.807, 2.05) is 30.3 Å². The highest BCUT2D eigenvalue weighted by Gasteiger charge is 2.38. The number of amides is 1. The monoisotopic (exact) mass is 583 g/mol. The lowest BCUT2D eigenvalue weighted by molar-refractivity contribution is -0.192. The summed E-state index contributed by atoms with van der Waals surface area (Å²) >= 11 is 6.35. The van der Waals surface area contributed by atoms with Gasteiger partial charge in [-0.1, -0.05) is 23.7 Å². The molecule has 2 aliphatic heterocycles. The molecule has 0 saturated carbocycles. The van der Waals surface area contributed by atoms with E-state index < -0.39 is 12.1 Å². The topological polar surface area (TPSA) is 135 Å². The number of hydrogen-bond donors (Lipinski definition) is 2. The number of hydrogen-bond acceptors (Lipinski definition) is 9. The molecule has 0 atom stereocenters. The van der Waals surface area contributed by atoms with Crippen molar-refractivity contribution in [1.82, 2.24) is 25.2 Å². The van der Waals surface area contributed by atoms with Crippen LogP contribution in [-0.2, 0) is 16.1 Å².